The molecule has 30 heavy (non-hydrogen) atoms. The smallest absolute Gasteiger partial charge is 0.407 e. The van der Waals surface area contributed by atoms with Crippen molar-refractivity contribution in [3.8, 4) is 0 Å². The van der Waals surface area contributed by atoms with E-state index in [2.05, 4.69) is 30.8 Å². The first-order chi connectivity index (χ1) is 14.4. The molecule has 2 N–H and O–H groups in total. The van der Waals surface area contributed by atoms with Crippen molar-refractivity contribution < 1.29 is 24.2 Å². The molecule has 3 saturated carbocycles. The van der Waals surface area contributed by atoms with E-state index < -0.39 is 5.43 Å². The minimum absolute atomic E-state index is 0.0648. The fourth-order valence-electron chi connectivity index (χ4n) is 2.41. The number of alkyl carbamates (subject to hydrolysis) is 1. The zero-order chi connectivity index (χ0) is 22.6. The second kappa shape index (κ2) is 19.9. The molecular weight excluding hydrogens is 406 g/mol. The summed E-state index contributed by atoms with van der Waals surface area (Å²) in [6, 6.07) is 0. The lowest BCUT2D eigenvalue weighted by atomic mass is 9.96. The highest BCUT2D eigenvalue weighted by Gasteiger charge is 2.21. The standard InChI is InChI=1S/C9H17NO2.C5H7ClO2.C5H12.C4H8O/c1-2-3-7-10-9(11)12-8-5-4-6-8;6-5(7)8-4-2-1-3-4;1-3-5-4-2;5-4-2-1-3-4/h8H,2-7H2,1H3,(H,10,11);4H,1-3H2;3-5H2,1-2H3;4-5H,1-3H2. The molecule has 0 saturated heterocycles. The van der Waals surface area contributed by atoms with E-state index >= 15 is 0 Å². The Labute approximate surface area is 188 Å². The minimum Gasteiger partial charge on any atom is -0.450 e. The van der Waals surface area contributed by atoms with Crippen molar-refractivity contribution in [1.29, 1.82) is 0 Å². The Bertz CT molecular complexity index is 422. The maximum Gasteiger partial charge on any atom is 0.407 e. The van der Waals surface area contributed by atoms with Gasteiger partial charge in [-0.1, -0.05) is 46.5 Å². The summed E-state index contributed by atoms with van der Waals surface area (Å²) in [5.41, 5.74) is -0.672. The van der Waals surface area contributed by atoms with Crippen LogP contribution in [0.15, 0.2) is 0 Å². The number of carbonyl (C=O) groups is 2. The van der Waals surface area contributed by atoms with Crippen molar-refractivity contribution in [1.82, 2.24) is 5.32 Å². The van der Waals surface area contributed by atoms with E-state index in [1.54, 1.807) is 0 Å². The Kier molecular flexibility index (Phi) is 19.3. The topological polar surface area (TPSA) is 84.9 Å². The molecule has 0 aromatic carbocycles. The number of unbranched alkanes of at least 4 members (excludes halogenated alkanes) is 3. The molecule has 3 aliphatic carbocycles. The van der Waals surface area contributed by atoms with Gasteiger partial charge in [0.25, 0.3) is 0 Å². The van der Waals surface area contributed by atoms with E-state index in [9.17, 15) is 9.59 Å². The Morgan fingerprint density at radius 1 is 0.833 bits per heavy atom. The third kappa shape index (κ3) is 17.8. The minimum atomic E-state index is -0.672. The molecule has 7 heteroatoms. The first kappa shape index (κ1) is 29.0. The number of halogens is 1. The molecule has 1 amide bonds. The third-order valence-electron chi connectivity index (χ3n) is 5.22. The molecule has 178 valence electrons. The molecule has 0 aromatic heterocycles. The molecule has 0 aliphatic heterocycles. The number of aliphatic hydroxyl groups is 1. The van der Waals surface area contributed by atoms with Gasteiger partial charge < -0.3 is 19.9 Å². The zero-order valence-electron chi connectivity index (χ0n) is 19.3. The average Bonchev–Trinajstić information content (AvgIpc) is 2.62. The predicted octanol–water partition coefficient (Wildman–Crippen LogP) is 6.71. The van der Waals surface area contributed by atoms with Crippen LogP contribution in [0, 0.1) is 0 Å². The van der Waals surface area contributed by atoms with E-state index in [1.807, 2.05) is 0 Å². The normalized spacial score (nSPS) is 17.6. The molecule has 3 aliphatic rings. The molecule has 0 spiro atoms. The van der Waals surface area contributed by atoms with Gasteiger partial charge >= 0.3 is 11.5 Å². The molecule has 0 bridgehead atoms. The van der Waals surface area contributed by atoms with E-state index in [1.165, 1.54) is 32.1 Å². The van der Waals surface area contributed by atoms with Crippen LogP contribution in [0.5, 0.6) is 0 Å². The van der Waals surface area contributed by atoms with Crippen LogP contribution in [-0.2, 0) is 9.47 Å². The summed E-state index contributed by atoms with van der Waals surface area (Å²) in [6.07, 6.45) is 16.1. The van der Waals surface area contributed by atoms with Crippen LogP contribution >= 0.6 is 11.6 Å². The van der Waals surface area contributed by atoms with Crippen molar-refractivity contribution in [3.63, 3.8) is 0 Å². The summed E-state index contributed by atoms with van der Waals surface area (Å²) in [4.78, 5) is 21.0. The second-order valence-electron chi connectivity index (χ2n) is 8.09. The lowest BCUT2D eigenvalue weighted by Crippen LogP contribution is -2.32. The lowest BCUT2D eigenvalue weighted by molar-refractivity contribution is 0.0525. The largest absolute Gasteiger partial charge is 0.450 e. The Morgan fingerprint density at radius 3 is 1.50 bits per heavy atom. The van der Waals surface area contributed by atoms with Crippen molar-refractivity contribution in [2.75, 3.05) is 6.54 Å². The summed E-state index contributed by atoms with van der Waals surface area (Å²) in [5, 5.41) is 11.2. The van der Waals surface area contributed by atoms with Gasteiger partial charge in [-0.25, -0.2) is 9.59 Å². The second-order valence-corrected chi connectivity index (χ2v) is 8.39. The Hall–Kier alpha value is -1.01. The number of nitrogens with one attached hydrogen (secondary N) is 1. The van der Waals surface area contributed by atoms with Gasteiger partial charge in [-0.2, -0.15) is 0 Å². The first-order valence-electron chi connectivity index (χ1n) is 11.9. The number of aliphatic hydroxyl groups excluding tert-OH is 1. The van der Waals surface area contributed by atoms with E-state index in [0.29, 0.717) is 0 Å². The quantitative estimate of drug-likeness (QED) is 0.333. The maximum absolute atomic E-state index is 11.0. The monoisotopic (exact) mass is 449 g/mol. The molecule has 0 radical (unpaired) electrons. The SMILES string of the molecule is CCCCC.CCCCNC(=O)OC1CCC1.O=C(Cl)OC1CCC1.OC1CCC1. The molecule has 0 unspecified atom stereocenters. The van der Waals surface area contributed by atoms with Crippen LogP contribution in [0.2, 0.25) is 0 Å². The Morgan fingerprint density at radius 2 is 1.27 bits per heavy atom. The van der Waals surface area contributed by atoms with Crippen molar-refractivity contribution in [3.05, 3.63) is 0 Å². The summed E-state index contributed by atoms with van der Waals surface area (Å²) in [5.74, 6) is 0. The van der Waals surface area contributed by atoms with Crippen LogP contribution in [-0.4, -0.2) is 41.5 Å². The first-order valence-corrected chi connectivity index (χ1v) is 12.3. The summed E-state index contributed by atoms with van der Waals surface area (Å²) in [6.45, 7) is 7.26. The fraction of sp³-hybridized carbons (Fsp3) is 0.913. The average molecular weight is 450 g/mol. The molecule has 3 rings (SSSR count). The van der Waals surface area contributed by atoms with E-state index in [0.717, 1.165) is 64.3 Å². The van der Waals surface area contributed by atoms with Gasteiger partial charge in [0.1, 0.15) is 12.2 Å². The summed E-state index contributed by atoms with van der Waals surface area (Å²) in [7, 11) is 0. The van der Waals surface area contributed by atoms with Crippen molar-refractivity contribution in [2.45, 2.75) is 129 Å². The molecule has 0 aromatic rings. The molecule has 0 atom stereocenters. The van der Waals surface area contributed by atoms with Gasteiger partial charge in [0.15, 0.2) is 0 Å². The van der Waals surface area contributed by atoms with Gasteiger partial charge in [-0.15, -0.1) is 0 Å². The van der Waals surface area contributed by atoms with Crippen LogP contribution in [0.3, 0.4) is 0 Å². The van der Waals surface area contributed by atoms with Gasteiger partial charge in [0.2, 0.25) is 0 Å². The lowest BCUT2D eigenvalue weighted by Gasteiger charge is -2.25. The molecule has 3 fully saturated rings. The maximum atomic E-state index is 11.0. The van der Waals surface area contributed by atoms with Crippen LogP contribution < -0.4 is 5.32 Å². The van der Waals surface area contributed by atoms with Crippen molar-refractivity contribution >= 4 is 23.1 Å². The van der Waals surface area contributed by atoms with Gasteiger partial charge in [-0.05, 0) is 64.2 Å². The van der Waals surface area contributed by atoms with Crippen molar-refractivity contribution in [2.24, 2.45) is 0 Å². The number of ether oxygens (including phenoxy) is 2. The van der Waals surface area contributed by atoms with E-state index in [-0.39, 0.29) is 24.4 Å². The van der Waals surface area contributed by atoms with E-state index in [4.69, 9.17) is 21.4 Å². The zero-order valence-corrected chi connectivity index (χ0v) is 20.1. The number of hydrogen-bond donors (Lipinski definition) is 2. The highest BCUT2D eigenvalue weighted by atomic mass is 35.5. The third-order valence-corrected chi connectivity index (χ3v) is 5.31. The predicted molar refractivity (Wildman–Crippen MR) is 122 cm³/mol. The highest BCUT2D eigenvalue weighted by molar-refractivity contribution is 6.61. The number of carbonyl (C=O) groups excluding carboxylic acids is 2. The van der Waals surface area contributed by atoms with Gasteiger partial charge in [0, 0.05) is 18.1 Å². The van der Waals surface area contributed by atoms with Crippen LogP contribution in [0.4, 0.5) is 9.59 Å². The van der Waals surface area contributed by atoms with Crippen LogP contribution in [0.25, 0.3) is 0 Å². The van der Waals surface area contributed by atoms with Crippen LogP contribution in [0.1, 0.15) is 111 Å². The van der Waals surface area contributed by atoms with Gasteiger partial charge in [-0.3, -0.25) is 0 Å². The summed E-state index contributed by atoms with van der Waals surface area (Å²) >= 11 is 4.92. The number of hydrogen-bond acceptors (Lipinski definition) is 5. The Balaban J connectivity index is 0.000000403. The summed E-state index contributed by atoms with van der Waals surface area (Å²) < 4.78 is 9.70. The van der Waals surface area contributed by atoms with Gasteiger partial charge in [0.05, 0.1) is 6.10 Å². The highest BCUT2D eigenvalue weighted by Crippen LogP contribution is 2.22. The molecular formula is C23H44ClNO5. The number of amides is 1. The number of rotatable bonds is 7. The fourth-order valence-corrected chi connectivity index (χ4v) is 2.53. The molecule has 0 heterocycles. The molecule has 6 nitrogen and oxygen atoms in total.